The van der Waals surface area contributed by atoms with Crippen LogP contribution in [0.15, 0.2) is 30.5 Å². The molecule has 0 radical (unpaired) electrons. The summed E-state index contributed by atoms with van der Waals surface area (Å²) < 4.78 is 39.5. The lowest BCUT2D eigenvalue weighted by Crippen LogP contribution is -2.24. The third-order valence-corrected chi connectivity index (χ3v) is 3.48. The van der Waals surface area contributed by atoms with Crippen molar-refractivity contribution in [2.45, 2.75) is 19.1 Å². The van der Waals surface area contributed by atoms with Crippen molar-refractivity contribution in [2.24, 2.45) is 7.05 Å². The summed E-state index contributed by atoms with van der Waals surface area (Å²) in [7, 11) is 1.75. The van der Waals surface area contributed by atoms with Gasteiger partial charge in [-0.1, -0.05) is 30.7 Å². The summed E-state index contributed by atoms with van der Waals surface area (Å²) in [6, 6.07) is 4.75. The minimum Gasteiger partial charge on any atom is -0.305 e. The molecule has 1 heterocycles. The van der Waals surface area contributed by atoms with Gasteiger partial charge < -0.3 is 5.32 Å². The number of hydrogen-bond acceptors (Lipinski definition) is 2. The van der Waals surface area contributed by atoms with E-state index in [0.717, 1.165) is 17.8 Å². The van der Waals surface area contributed by atoms with Gasteiger partial charge in [0.05, 0.1) is 28.5 Å². The van der Waals surface area contributed by atoms with Gasteiger partial charge in [-0.25, -0.2) is 0 Å². The molecule has 2 aromatic rings. The molecule has 21 heavy (non-hydrogen) atoms. The van der Waals surface area contributed by atoms with Gasteiger partial charge in [-0.15, -0.1) is 0 Å². The van der Waals surface area contributed by atoms with E-state index in [9.17, 15) is 13.2 Å². The number of hydrogen-bond donors (Lipinski definition) is 1. The Labute approximate surface area is 125 Å². The van der Waals surface area contributed by atoms with Crippen LogP contribution in [0.3, 0.4) is 0 Å². The number of rotatable bonds is 4. The third-order valence-electron chi connectivity index (χ3n) is 3.19. The van der Waals surface area contributed by atoms with Crippen LogP contribution in [0, 0.1) is 0 Å². The molecular weight excluding hydrogens is 303 g/mol. The van der Waals surface area contributed by atoms with Crippen LogP contribution in [0.1, 0.15) is 29.8 Å². The predicted octanol–water partition coefficient (Wildman–Crippen LogP) is 3.79. The summed E-state index contributed by atoms with van der Waals surface area (Å²) in [4.78, 5) is 0. The molecule has 0 saturated carbocycles. The molecule has 114 valence electrons. The van der Waals surface area contributed by atoms with E-state index in [4.69, 9.17) is 11.6 Å². The zero-order valence-corrected chi connectivity index (χ0v) is 12.3. The number of nitrogens with zero attached hydrogens (tertiary/aromatic N) is 2. The second-order valence-electron chi connectivity index (χ2n) is 4.61. The van der Waals surface area contributed by atoms with Crippen LogP contribution in [0.4, 0.5) is 13.2 Å². The standard InChI is InChI=1S/C14H15ClF3N3/c1-3-19-12(13-11(15)8-20-21(13)2)9-4-6-10(7-5-9)14(16,17)18/h4-8,12,19H,3H2,1-2H3. The first kappa shape index (κ1) is 15.9. The average molecular weight is 318 g/mol. The number of aryl methyl sites for hydroxylation is 1. The fourth-order valence-electron chi connectivity index (χ4n) is 2.19. The van der Waals surface area contributed by atoms with E-state index in [1.165, 1.54) is 18.3 Å². The summed E-state index contributed by atoms with van der Waals surface area (Å²) in [6.07, 6.45) is -2.82. The van der Waals surface area contributed by atoms with Crippen molar-refractivity contribution in [1.29, 1.82) is 0 Å². The average Bonchev–Trinajstić information content (AvgIpc) is 2.75. The number of alkyl halides is 3. The van der Waals surface area contributed by atoms with E-state index < -0.39 is 11.7 Å². The van der Waals surface area contributed by atoms with Gasteiger partial charge >= 0.3 is 6.18 Å². The van der Waals surface area contributed by atoms with E-state index in [0.29, 0.717) is 17.1 Å². The smallest absolute Gasteiger partial charge is 0.305 e. The molecule has 0 aliphatic heterocycles. The van der Waals surface area contributed by atoms with Gasteiger partial charge in [-0.3, -0.25) is 4.68 Å². The van der Waals surface area contributed by atoms with Crippen molar-refractivity contribution < 1.29 is 13.2 Å². The maximum atomic E-state index is 12.6. The lowest BCUT2D eigenvalue weighted by atomic mass is 10.0. The van der Waals surface area contributed by atoms with E-state index in [1.54, 1.807) is 11.7 Å². The van der Waals surface area contributed by atoms with Gasteiger partial charge in [-0.05, 0) is 24.2 Å². The summed E-state index contributed by atoms with van der Waals surface area (Å²) in [5, 5.41) is 7.76. The molecule has 1 atom stereocenters. The quantitative estimate of drug-likeness (QED) is 0.929. The van der Waals surface area contributed by atoms with Crippen molar-refractivity contribution in [3.8, 4) is 0 Å². The van der Waals surface area contributed by atoms with Crippen molar-refractivity contribution in [1.82, 2.24) is 15.1 Å². The fourth-order valence-corrected chi connectivity index (χ4v) is 2.46. The largest absolute Gasteiger partial charge is 0.416 e. The minimum absolute atomic E-state index is 0.308. The van der Waals surface area contributed by atoms with Crippen LogP contribution in [0.5, 0.6) is 0 Å². The molecule has 1 aromatic carbocycles. The number of aromatic nitrogens is 2. The van der Waals surface area contributed by atoms with Gasteiger partial charge in [0.2, 0.25) is 0 Å². The lowest BCUT2D eigenvalue weighted by Gasteiger charge is -2.20. The Morgan fingerprint density at radius 1 is 1.29 bits per heavy atom. The van der Waals surface area contributed by atoms with Crippen molar-refractivity contribution in [2.75, 3.05) is 6.54 Å². The van der Waals surface area contributed by atoms with E-state index >= 15 is 0 Å². The van der Waals surface area contributed by atoms with Crippen molar-refractivity contribution in [3.05, 3.63) is 52.3 Å². The van der Waals surface area contributed by atoms with Gasteiger partial charge in [0, 0.05) is 7.05 Å². The Kier molecular flexibility index (Phi) is 4.58. The molecule has 0 aliphatic carbocycles. The van der Waals surface area contributed by atoms with Crippen LogP contribution in [0.25, 0.3) is 0 Å². The second-order valence-corrected chi connectivity index (χ2v) is 5.02. The highest BCUT2D eigenvalue weighted by Gasteiger charge is 2.30. The normalized spacial score (nSPS) is 13.4. The Hall–Kier alpha value is -1.53. The second kappa shape index (κ2) is 6.07. The molecule has 0 bridgehead atoms. The van der Waals surface area contributed by atoms with Gasteiger partial charge in [0.25, 0.3) is 0 Å². The summed E-state index contributed by atoms with van der Waals surface area (Å²) in [6.45, 7) is 2.56. The molecule has 7 heteroatoms. The van der Waals surface area contributed by atoms with Gasteiger partial charge in [0.15, 0.2) is 0 Å². The topological polar surface area (TPSA) is 29.9 Å². The number of halogens is 4. The molecule has 0 spiro atoms. The highest BCUT2D eigenvalue weighted by atomic mass is 35.5. The molecule has 2 rings (SSSR count). The van der Waals surface area contributed by atoms with Gasteiger partial charge in [0.1, 0.15) is 0 Å². The molecule has 1 N–H and O–H groups in total. The van der Waals surface area contributed by atoms with Crippen molar-refractivity contribution in [3.63, 3.8) is 0 Å². The Morgan fingerprint density at radius 2 is 1.90 bits per heavy atom. The third kappa shape index (κ3) is 3.39. The van der Waals surface area contributed by atoms with Crippen molar-refractivity contribution >= 4 is 11.6 Å². The summed E-state index contributed by atoms with van der Waals surface area (Å²) >= 11 is 6.13. The maximum absolute atomic E-state index is 12.6. The van der Waals surface area contributed by atoms with E-state index in [-0.39, 0.29) is 6.04 Å². The summed E-state index contributed by atoms with van der Waals surface area (Å²) in [5.41, 5.74) is 0.756. The predicted molar refractivity (Wildman–Crippen MR) is 75.2 cm³/mol. The molecule has 0 amide bonds. The molecule has 0 aliphatic rings. The first-order valence-electron chi connectivity index (χ1n) is 6.42. The van der Waals surface area contributed by atoms with Crippen LogP contribution in [0.2, 0.25) is 5.02 Å². The van der Waals surface area contributed by atoms with Crippen LogP contribution < -0.4 is 5.32 Å². The number of nitrogens with one attached hydrogen (secondary N) is 1. The highest BCUT2D eigenvalue weighted by molar-refractivity contribution is 6.31. The summed E-state index contributed by atoms with van der Waals surface area (Å²) in [5.74, 6) is 0. The van der Waals surface area contributed by atoms with Crippen LogP contribution in [-0.4, -0.2) is 16.3 Å². The van der Waals surface area contributed by atoms with E-state index in [1.807, 2.05) is 6.92 Å². The van der Waals surface area contributed by atoms with Crippen LogP contribution >= 0.6 is 11.6 Å². The fraction of sp³-hybridized carbons (Fsp3) is 0.357. The SMILES string of the molecule is CCNC(c1ccc(C(F)(F)F)cc1)c1c(Cl)cnn1C. The maximum Gasteiger partial charge on any atom is 0.416 e. The molecule has 0 fully saturated rings. The zero-order valence-electron chi connectivity index (χ0n) is 11.6. The zero-order chi connectivity index (χ0) is 15.6. The molecule has 1 aromatic heterocycles. The molecule has 3 nitrogen and oxygen atoms in total. The Balaban J connectivity index is 2.40. The molecule has 1 unspecified atom stereocenters. The Morgan fingerprint density at radius 3 is 2.33 bits per heavy atom. The number of benzene rings is 1. The highest BCUT2D eigenvalue weighted by Crippen LogP contribution is 2.32. The first-order chi connectivity index (χ1) is 9.84. The van der Waals surface area contributed by atoms with Crippen LogP contribution in [-0.2, 0) is 13.2 Å². The Bertz CT molecular complexity index is 585. The monoisotopic (exact) mass is 317 g/mol. The lowest BCUT2D eigenvalue weighted by molar-refractivity contribution is -0.137. The first-order valence-corrected chi connectivity index (χ1v) is 6.80. The van der Waals surface area contributed by atoms with E-state index in [2.05, 4.69) is 10.4 Å². The molecular formula is C14H15ClF3N3. The molecule has 0 saturated heterocycles. The van der Waals surface area contributed by atoms with Gasteiger partial charge in [-0.2, -0.15) is 18.3 Å². The minimum atomic E-state index is -4.34.